The fourth-order valence-electron chi connectivity index (χ4n) is 1.31. The van der Waals surface area contributed by atoms with Crippen molar-refractivity contribution in [2.24, 2.45) is 5.92 Å². The van der Waals surface area contributed by atoms with E-state index in [1.807, 2.05) is 13.8 Å². The number of hydrogen-bond acceptors (Lipinski definition) is 3. The van der Waals surface area contributed by atoms with Crippen molar-refractivity contribution in [3.05, 3.63) is 0 Å². The van der Waals surface area contributed by atoms with Crippen LogP contribution in [0.15, 0.2) is 0 Å². The zero-order valence-electron chi connectivity index (χ0n) is 10.2. The third-order valence-electron chi connectivity index (χ3n) is 2.55. The highest BCUT2D eigenvalue weighted by molar-refractivity contribution is 5.83. The molecule has 0 fully saturated rings. The van der Waals surface area contributed by atoms with Crippen LogP contribution in [0.2, 0.25) is 0 Å². The fourth-order valence-corrected chi connectivity index (χ4v) is 1.31. The highest BCUT2D eigenvalue weighted by Crippen LogP contribution is 2.08. The summed E-state index contributed by atoms with van der Waals surface area (Å²) in [6.45, 7) is 4.22. The maximum absolute atomic E-state index is 11.4. The molecule has 0 aliphatic heterocycles. The highest BCUT2D eigenvalue weighted by Gasteiger charge is 2.24. The van der Waals surface area contributed by atoms with Gasteiger partial charge < -0.3 is 15.2 Å². The summed E-state index contributed by atoms with van der Waals surface area (Å²) < 4.78 is 4.82. The van der Waals surface area contributed by atoms with E-state index in [0.717, 1.165) is 6.42 Å². The molecule has 2 atom stereocenters. The van der Waals surface area contributed by atoms with E-state index in [9.17, 15) is 9.59 Å². The summed E-state index contributed by atoms with van der Waals surface area (Å²) >= 11 is 0. The zero-order valence-corrected chi connectivity index (χ0v) is 10.2. The average molecular weight is 231 g/mol. The highest BCUT2D eigenvalue weighted by atomic mass is 16.5. The summed E-state index contributed by atoms with van der Waals surface area (Å²) in [5.74, 6) is -1.27. The molecule has 0 heterocycles. The molecule has 1 amide bonds. The van der Waals surface area contributed by atoms with Crippen LogP contribution in [0.25, 0.3) is 0 Å². The van der Waals surface area contributed by atoms with Crippen molar-refractivity contribution >= 4 is 11.9 Å². The van der Waals surface area contributed by atoms with Gasteiger partial charge in [-0.1, -0.05) is 20.3 Å². The number of carboxylic acid groups (broad SMARTS) is 1. The van der Waals surface area contributed by atoms with Crippen molar-refractivity contribution in [2.75, 3.05) is 13.7 Å². The van der Waals surface area contributed by atoms with Gasteiger partial charge in [0.15, 0.2) is 0 Å². The van der Waals surface area contributed by atoms with Crippen molar-refractivity contribution in [1.29, 1.82) is 0 Å². The molecular formula is C11H21NO4. The fraction of sp³-hybridized carbons (Fsp3) is 0.818. The molecule has 1 unspecified atom stereocenters. The first kappa shape index (κ1) is 14.9. The van der Waals surface area contributed by atoms with Crippen LogP contribution in [0.5, 0.6) is 0 Å². The molecule has 0 aromatic rings. The lowest BCUT2D eigenvalue weighted by atomic mass is 9.99. The minimum absolute atomic E-state index is 0.0659. The van der Waals surface area contributed by atoms with Crippen molar-refractivity contribution in [2.45, 2.75) is 39.2 Å². The monoisotopic (exact) mass is 231 g/mol. The molecule has 0 aromatic carbocycles. The molecule has 16 heavy (non-hydrogen) atoms. The van der Waals surface area contributed by atoms with E-state index in [-0.39, 0.29) is 11.8 Å². The average Bonchev–Trinajstić information content (AvgIpc) is 2.25. The number of carbonyl (C=O) groups excluding carboxylic acids is 1. The van der Waals surface area contributed by atoms with Crippen LogP contribution in [0, 0.1) is 5.92 Å². The summed E-state index contributed by atoms with van der Waals surface area (Å²) in [5, 5.41) is 11.5. The SMILES string of the molecule is CCC(C)[C@H](NC(=O)CCCOC)C(=O)O. The Labute approximate surface area is 96.2 Å². The molecule has 0 rings (SSSR count). The first-order valence-electron chi connectivity index (χ1n) is 5.54. The molecule has 5 heteroatoms. The van der Waals surface area contributed by atoms with Gasteiger partial charge in [0.25, 0.3) is 0 Å². The summed E-state index contributed by atoms with van der Waals surface area (Å²) in [6.07, 6.45) is 1.62. The minimum atomic E-state index is -0.977. The summed E-state index contributed by atoms with van der Waals surface area (Å²) in [5.41, 5.74) is 0. The zero-order chi connectivity index (χ0) is 12.6. The Morgan fingerprint density at radius 1 is 1.44 bits per heavy atom. The summed E-state index contributed by atoms with van der Waals surface area (Å²) in [4.78, 5) is 22.3. The van der Waals surface area contributed by atoms with E-state index in [4.69, 9.17) is 9.84 Å². The molecule has 94 valence electrons. The van der Waals surface area contributed by atoms with E-state index >= 15 is 0 Å². The van der Waals surface area contributed by atoms with Gasteiger partial charge in [-0.3, -0.25) is 4.79 Å². The predicted octanol–water partition coefficient (Wildman–Crippen LogP) is 1.03. The van der Waals surface area contributed by atoms with Crippen LogP contribution in [0.4, 0.5) is 0 Å². The first-order chi connectivity index (χ1) is 7.52. The topological polar surface area (TPSA) is 75.6 Å². The minimum Gasteiger partial charge on any atom is -0.480 e. The van der Waals surface area contributed by atoms with Gasteiger partial charge in [0.2, 0.25) is 5.91 Å². The van der Waals surface area contributed by atoms with Crippen LogP contribution in [0.1, 0.15) is 33.1 Å². The summed E-state index contributed by atoms with van der Waals surface area (Å²) in [6, 6.07) is -0.792. The summed E-state index contributed by atoms with van der Waals surface area (Å²) in [7, 11) is 1.57. The van der Waals surface area contributed by atoms with E-state index in [1.165, 1.54) is 0 Å². The number of methoxy groups -OCH3 is 1. The number of carboxylic acids is 1. The van der Waals surface area contributed by atoms with E-state index < -0.39 is 12.0 Å². The standard InChI is InChI=1S/C11H21NO4/c1-4-8(2)10(11(14)15)12-9(13)6-5-7-16-3/h8,10H,4-7H2,1-3H3,(H,12,13)(H,14,15)/t8?,10-/m0/s1. The van der Waals surface area contributed by atoms with Crippen molar-refractivity contribution in [3.63, 3.8) is 0 Å². The molecule has 0 aliphatic carbocycles. The Morgan fingerprint density at radius 2 is 2.06 bits per heavy atom. The van der Waals surface area contributed by atoms with Crippen LogP contribution in [-0.2, 0) is 14.3 Å². The number of carbonyl (C=O) groups is 2. The number of nitrogens with one attached hydrogen (secondary N) is 1. The third-order valence-corrected chi connectivity index (χ3v) is 2.55. The van der Waals surface area contributed by atoms with Gasteiger partial charge in [-0.25, -0.2) is 4.79 Å². The maximum Gasteiger partial charge on any atom is 0.326 e. The molecular weight excluding hydrogens is 210 g/mol. The molecule has 5 nitrogen and oxygen atoms in total. The van der Waals surface area contributed by atoms with Crippen LogP contribution in [-0.4, -0.2) is 36.7 Å². The van der Waals surface area contributed by atoms with E-state index in [2.05, 4.69) is 5.32 Å². The van der Waals surface area contributed by atoms with Crippen LogP contribution >= 0.6 is 0 Å². The lowest BCUT2D eigenvalue weighted by Gasteiger charge is -2.20. The molecule has 0 aliphatic rings. The second-order valence-electron chi connectivity index (χ2n) is 3.87. The number of hydrogen-bond donors (Lipinski definition) is 2. The second kappa shape index (κ2) is 8.10. The van der Waals surface area contributed by atoms with Gasteiger partial charge in [0, 0.05) is 20.1 Å². The normalized spacial score (nSPS) is 14.2. The number of aliphatic carboxylic acids is 1. The second-order valence-corrected chi connectivity index (χ2v) is 3.87. The lowest BCUT2D eigenvalue weighted by molar-refractivity contribution is -0.143. The predicted molar refractivity (Wildman–Crippen MR) is 60.1 cm³/mol. The molecule has 0 aromatic heterocycles. The van der Waals surface area contributed by atoms with Gasteiger partial charge in [-0.2, -0.15) is 0 Å². The lowest BCUT2D eigenvalue weighted by Crippen LogP contribution is -2.45. The van der Waals surface area contributed by atoms with Gasteiger partial charge in [-0.05, 0) is 12.3 Å². The maximum atomic E-state index is 11.4. The van der Waals surface area contributed by atoms with Crippen molar-refractivity contribution < 1.29 is 19.4 Å². The third kappa shape index (κ3) is 5.70. The smallest absolute Gasteiger partial charge is 0.326 e. The molecule has 0 saturated carbocycles. The van der Waals surface area contributed by atoms with Crippen LogP contribution < -0.4 is 5.32 Å². The molecule has 0 radical (unpaired) electrons. The molecule has 0 saturated heterocycles. The molecule has 0 bridgehead atoms. The van der Waals surface area contributed by atoms with Gasteiger partial charge >= 0.3 is 5.97 Å². The Hall–Kier alpha value is -1.10. The van der Waals surface area contributed by atoms with Crippen molar-refractivity contribution in [1.82, 2.24) is 5.32 Å². The van der Waals surface area contributed by atoms with Gasteiger partial charge in [0.05, 0.1) is 0 Å². The van der Waals surface area contributed by atoms with Crippen molar-refractivity contribution in [3.8, 4) is 0 Å². The number of rotatable bonds is 8. The van der Waals surface area contributed by atoms with Crippen LogP contribution in [0.3, 0.4) is 0 Å². The van der Waals surface area contributed by atoms with Gasteiger partial charge in [0.1, 0.15) is 6.04 Å². The Balaban J connectivity index is 4.09. The first-order valence-corrected chi connectivity index (χ1v) is 5.54. The Morgan fingerprint density at radius 3 is 2.50 bits per heavy atom. The Kier molecular flexibility index (Phi) is 7.54. The number of ether oxygens (including phenoxy) is 1. The molecule has 0 spiro atoms. The van der Waals surface area contributed by atoms with E-state index in [0.29, 0.717) is 19.4 Å². The quantitative estimate of drug-likeness (QED) is 0.612. The number of amides is 1. The Bertz CT molecular complexity index is 230. The van der Waals surface area contributed by atoms with E-state index in [1.54, 1.807) is 7.11 Å². The van der Waals surface area contributed by atoms with Gasteiger partial charge in [-0.15, -0.1) is 0 Å². The molecule has 2 N–H and O–H groups in total. The largest absolute Gasteiger partial charge is 0.480 e.